The summed E-state index contributed by atoms with van der Waals surface area (Å²) in [6.07, 6.45) is 10.7. The molecule has 0 bridgehead atoms. The average Bonchev–Trinajstić information content (AvgIpc) is 3.28. The molecule has 2 saturated heterocycles. The Kier molecular flexibility index (Phi) is 6.41. The van der Waals surface area contributed by atoms with Crippen LogP contribution in [0.25, 0.3) is 0 Å². The fourth-order valence-electron chi connectivity index (χ4n) is 10.8. The van der Waals surface area contributed by atoms with E-state index >= 15 is 0 Å². The summed E-state index contributed by atoms with van der Waals surface area (Å²) in [5.74, 6) is 3.33. The summed E-state index contributed by atoms with van der Waals surface area (Å²) in [5, 5.41) is 11.5. The highest BCUT2D eigenvalue weighted by Crippen LogP contribution is 2.71. The van der Waals surface area contributed by atoms with Crippen molar-refractivity contribution in [3.8, 4) is 0 Å². The molecule has 0 aromatic rings. The Bertz CT molecular complexity index is 779. The Balaban J connectivity index is 1.26. The van der Waals surface area contributed by atoms with E-state index in [-0.39, 0.29) is 23.0 Å². The molecular formula is C30H50O5. The first-order valence-corrected chi connectivity index (χ1v) is 14.9. The molecule has 13 atom stereocenters. The van der Waals surface area contributed by atoms with Crippen molar-refractivity contribution in [2.45, 2.75) is 110 Å². The van der Waals surface area contributed by atoms with E-state index in [1.165, 1.54) is 25.7 Å². The van der Waals surface area contributed by atoms with Crippen LogP contribution >= 0.6 is 0 Å². The van der Waals surface area contributed by atoms with Crippen LogP contribution < -0.4 is 0 Å². The zero-order valence-corrected chi connectivity index (χ0v) is 22.8. The summed E-state index contributed by atoms with van der Waals surface area (Å²) in [5.41, 5.74) is 0.488. The van der Waals surface area contributed by atoms with Gasteiger partial charge in [-0.25, -0.2) is 0 Å². The van der Waals surface area contributed by atoms with Crippen molar-refractivity contribution in [2.75, 3.05) is 26.9 Å². The van der Waals surface area contributed by atoms with E-state index in [2.05, 4.69) is 27.7 Å². The van der Waals surface area contributed by atoms with E-state index in [4.69, 9.17) is 18.9 Å². The van der Waals surface area contributed by atoms with E-state index in [0.717, 1.165) is 57.8 Å². The lowest BCUT2D eigenvalue weighted by atomic mass is 9.43. The molecule has 0 aromatic carbocycles. The summed E-state index contributed by atoms with van der Waals surface area (Å²) >= 11 is 0. The van der Waals surface area contributed by atoms with Crippen LogP contribution in [0.5, 0.6) is 0 Å². The van der Waals surface area contributed by atoms with Gasteiger partial charge in [0.05, 0.1) is 31.5 Å². The minimum absolute atomic E-state index is 0.197. The molecule has 200 valence electrons. The molecule has 4 saturated carbocycles. The van der Waals surface area contributed by atoms with Crippen molar-refractivity contribution < 1.29 is 24.1 Å². The first-order valence-electron chi connectivity index (χ1n) is 14.9. The Hall–Kier alpha value is -0.200. The highest BCUT2D eigenvalue weighted by atomic mass is 16.7. The van der Waals surface area contributed by atoms with Crippen LogP contribution in [0, 0.1) is 52.3 Å². The second-order valence-electron chi connectivity index (χ2n) is 13.9. The summed E-state index contributed by atoms with van der Waals surface area (Å²) < 4.78 is 25.4. The third-order valence-electron chi connectivity index (χ3n) is 12.4. The van der Waals surface area contributed by atoms with Crippen molar-refractivity contribution in [1.29, 1.82) is 0 Å². The van der Waals surface area contributed by atoms with E-state index in [1.807, 2.05) is 7.11 Å². The Morgan fingerprint density at radius 3 is 2.46 bits per heavy atom. The first kappa shape index (κ1) is 25.1. The minimum Gasteiger partial charge on any atom is -0.393 e. The smallest absolute Gasteiger partial charge is 0.174 e. The lowest BCUT2D eigenvalue weighted by molar-refractivity contribution is -0.280. The van der Waals surface area contributed by atoms with Crippen LogP contribution in [0.2, 0.25) is 0 Å². The van der Waals surface area contributed by atoms with Gasteiger partial charge in [-0.15, -0.1) is 0 Å². The van der Waals surface area contributed by atoms with Gasteiger partial charge in [-0.05, 0) is 98.7 Å². The standard InChI is InChI=1S/C30H50O5/c1-6-33-19-8-10-28(3)21-9-11-29(4)22(20(21)14-25(31)23(28)13-19)15-26-27(29)24(17-32-5)30(35-26)12-7-18(2)16-34-30/h18-27,31H,6-17H2,1-5H3/t18-,19+,20-,21+,22+,23-,24+,25+,26+,27+,28-,29+,30-/m1/s1. The summed E-state index contributed by atoms with van der Waals surface area (Å²) in [4.78, 5) is 0. The number of hydrogen-bond acceptors (Lipinski definition) is 5. The Morgan fingerprint density at radius 2 is 1.74 bits per heavy atom. The molecule has 0 unspecified atom stereocenters. The van der Waals surface area contributed by atoms with Crippen LogP contribution in [0.3, 0.4) is 0 Å². The van der Waals surface area contributed by atoms with Gasteiger partial charge in [-0.1, -0.05) is 20.8 Å². The van der Waals surface area contributed by atoms with Gasteiger partial charge in [0.1, 0.15) is 0 Å². The van der Waals surface area contributed by atoms with Crippen molar-refractivity contribution in [3.05, 3.63) is 0 Å². The van der Waals surface area contributed by atoms with Crippen LogP contribution in [0.1, 0.15) is 85.5 Å². The van der Waals surface area contributed by atoms with Crippen LogP contribution in [-0.2, 0) is 18.9 Å². The highest BCUT2D eigenvalue weighted by molar-refractivity contribution is 5.16. The van der Waals surface area contributed by atoms with Gasteiger partial charge in [-0.3, -0.25) is 0 Å². The maximum atomic E-state index is 11.5. The van der Waals surface area contributed by atoms with E-state index in [9.17, 15) is 5.11 Å². The largest absolute Gasteiger partial charge is 0.393 e. The number of rotatable bonds is 4. The van der Waals surface area contributed by atoms with E-state index in [1.54, 1.807) is 0 Å². The van der Waals surface area contributed by atoms with Gasteiger partial charge in [0.2, 0.25) is 0 Å². The molecule has 2 heterocycles. The molecule has 6 rings (SSSR count). The number of fused-ring (bicyclic) bond motifs is 7. The molecule has 2 aliphatic heterocycles. The second-order valence-corrected chi connectivity index (χ2v) is 13.9. The van der Waals surface area contributed by atoms with Gasteiger partial charge in [-0.2, -0.15) is 0 Å². The van der Waals surface area contributed by atoms with Gasteiger partial charge in [0, 0.05) is 32.0 Å². The molecule has 5 nitrogen and oxygen atoms in total. The molecule has 0 amide bonds. The summed E-state index contributed by atoms with van der Waals surface area (Å²) in [6.45, 7) is 11.8. The maximum Gasteiger partial charge on any atom is 0.174 e. The zero-order valence-electron chi connectivity index (χ0n) is 22.8. The third kappa shape index (κ3) is 3.65. The summed E-state index contributed by atoms with van der Waals surface area (Å²) in [6, 6.07) is 0. The maximum absolute atomic E-state index is 11.5. The molecule has 0 aromatic heterocycles. The van der Waals surface area contributed by atoms with Crippen LogP contribution in [-0.4, -0.2) is 56.1 Å². The monoisotopic (exact) mass is 490 g/mol. The fraction of sp³-hybridized carbons (Fsp3) is 1.00. The Morgan fingerprint density at radius 1 is 0.943 bits per heavy atom. The molecule has 6 fully saturated rings. The molecule has 4 aliphatic carbocycles. The van der Waals surface area contributed by atoms with Gasteiger partial charge < -0.3 is 24.1 Å². The molecule has 6 aliphatic rings. The quantitative estimate of drug-likeness (QED) is 0.569. The topological polar surface area (TPSA) is 57.2 Å². The number of ether oxygens (including phenoxy) is 4. The van der Waals surface area contributed by atoms with Gasteiger partial charge in [0.25, 0.3) is 0 Å². The first-order chi connectivity index (χ1) is 16.8. The van der Waals surface area contributed by atoms with Crippen molar-refractivity contribution in [1.82, 2.24) is 0 Å². The predicted molar refractivity (Wildman–Crippen MR) is 135 cm³/mol. The lowest BCUT2D eigenvalue weighted by Crippen LogP contribution is -2.59. The number of hydrogen-bond donors (Lipinski definition) is 1. The summed E-state index contributed by atoms with van der Waals surface area (Å²) in [7, 11) is 1.84. The lowest BCUT2D eigenvalue weighted by Gasteiger charge is -2.62. The number of aliphatic hydroxyl groups excluding tert-OH is 1. The SMILES string of the molecule is CCO[C@H]1CC[C@@]2(C)[C@H](C1)[C@@H](O)C[C@@H]1[C@@H]2CC[C@]2(C)[C@@H]3[C@H](C[C@@H]12)O[C@]1(CC[C@@H](C)CO1)[C@H]3COC. The Labute approximate surface area is 213 Å². The second kappa shape index (κ2) is 8.93. The average molecular weight is 491 g/mol. The molecule has 5 heteroatoms. The predicted octanol–water partition coefficient (Wildman–Crippen LogP) is 5.44. The van der Waals surface area contributed by atoms with Crippen molar-refractivity contribution >= 4 is 0 Å². The van der Waals surface area contributed by atoms with E-state index in [0.29, 0.717) is 41.6 Å². The normalized spacial score (nSPS) is 57.4. The third-order valence-corrected chi connectivity index (χ3v) is 12.4. The van der Waals surface area contributed by atoms with Crippen LogP contribution in [0.15, 0.2) is 0 Å². The zero-order chi connectivity index (χ0) is 24.6. The molecule has 35 heavy (non-hydrogen) atoms. The van der Waals surface area contributed by atoms with Gasteiger partial charge >= 0.3 is 0 Å². The molecular weight excluding hydrogens is 440 g/mol. The van der Waals surface area contributed by atoms with Crippen molar-refractivity contribution in [3.63, 3.8) is 0 Å². The fourth-order valence-corrected chi connectivity index (χ4v) is 10.8. The van der Waals surface area contributed by atoms with Gasteiger partial charge in [0.15, 0.2) is 5.79 Å². The number of aliphatic hydroxyl groups is 1. The molecule has 1 N–H and O–H groups in total. The number of methoxy groups -OCH3 is 1. The van der Waals surface area contributed by atoms with E-state index < -0.39 is 5.79 Å². The van der Waals surface area contributed by atoms with Crippen molar-refractivity contribution in [2.24, 2.45) is 52.3 Å². The molecule has 0 radical (unpaired) electrons. The molecule has 1 spiro atoms. The minimum atomic E-state index is -0.441. The highest BCUT2D eigenvalue weighted by Gasteiger charge is 2.70. The van der Waals surface area contributed by atoms with Crippen LogP contribution in [0.4, 0.5) is 0 Å².